The number of hydrogen-bond acceptors (Lipinski definition) is 5. The van der Waals surface area contributed by atoms with Crippen LogP contribution in [-0.2, 0) is 21.2 Å². The molecule has 26 heavy (non-hydrogen) atoms. The number of hydrogen-bond donors (Lipinski definition) is 0. The molecular formula is C18H17N3O4S. The maximum Gasteiger partial charge on any atom is 0.374 e. The Balaban J connectivity index is 1.88. The zero-order valence-electron chi connectivity index (χ0n) is 14.1. The fourth-order valence-electron chi connectivity index (χ4n) is 3.20. The van der Waals surface area contributed by atoms with Gasteiger partial charge in [0, 0.05) is 12.7 Å². The van der Waals surface area contributed by atoms with Crippen LogP contribution in [0.1, 0.15) is 23.1 Å². The van der Waals surface area contributed by atoms with Crippen molar-refractivity contribution >= 4 is 27.2 Å². The van der Waals surface area contributed by atoms with Crippen LogP contribution >= 0.6 is 0 Å². The van der Waals surface area contributed by atoms with Crippen LogP contribution in [0.4, 0.5) is 5.69 Å². The van der Waals surface area contributed by atoms with Gasteiger partial charge in [0.1, 0.15) is 0 Å². The quantitative estimate of drug-likeness (QED) is 0.657. The van der Waals surface area contributed by atoms with Crippen molar-refractivity contribution in [2.75, 3.05) is 17.5 Å². The number of nitrogens with zero attached hydrogens (tertiary/aromatic N) is 3. The summed E-state index contributed by atoms with van der Waals surface area (Å²) in [6.07, 6.45) is 2.25. The normalized spacial score (nSPS) is 13.8. The topological polar surface area (TPSA) is 81.0 Å². The van der Waals surface area contributed by atoms with Gasteiger partial charge in [0.15, 0.2) is 0 Å². The zero-order valence-corrected chi connectivity index (χ0v) is 14.9. The summed E-state index contributed by atoms with van der Waals surface area (Å²) in [6, 6.07) is 12.4. The fourth-order valence-corrected chi connectivity index (χ4v) is 4.81. The van der Waals surface area contributed by atoms with Crippen molar-refractivity contribution in [1.82, 2.24) is 9.38 Å². The van der Waals surface area contributed by atoms with Crippen LogP contribution < -0.4 is 4.31 Å². The van der Waals surface area contributed by atoms with E-state index < -0.39 is 16.0 Å². The second kappa shape index (κ2) is 6.14. The maximum absolute atomic E-state index is 13.3. The smallest absolute Gasteiger partial charge is 0.374 e. The van der Waals surface area contributed by atoms with Crippen LogP contribution in [-0.4, -0.2) is 36.9 Å². The number of carbonyl (C=O) groups is 1. The number of fused-ring (bicyclic) bond motifs is 2. The highest BCUT2D eigenvalue weighted by atomic mass is 32.2. The Bertz CT molecular complexity index is 1100. The zero-order chi connectivity index (χ0) is 18.3. The monoisotopic (exact) mass is 371 g/mol. The molecule has 3 heterocycles. The first-order valence-corrected chi connectivity index (χ1v) is 9.73. The van der Waals surface area contributed by atoms with E-state index in [-0.39, 0.29) is 17.5 Å². The summed E-state index contributed by atoms with van der Waals surface area (Å²) in [5.41, 5.74) is 1.98. The highest BCUT2D eigenvalue weighted by molar-refractivity contribution is 7.93. The first-order chi connectivity index (χ1) is 12.5. The number of anilines is 1. The van der Waals surface area contributed by atoms with Gasteiger partial charge in [-0.15, -0.1) is 0 Å². The molecule has 3 aromatic rings. The van der Waals surface area contributed by atoms with Crippen LogP contribution in [0.3, 0.4) is 0 Å². The number of rotatable bonds is 4. The molecule has 8 heteroatoms. The Kier molecular flexibility index (Phi) is 3.91. The van der Waals surface area contributed by atoms with E-state index in [0.717, 1.165) is 5.56 Å². The van der Waals surface area contributed by atoms with Crippen LogP contribution in [0.5, 0.6) is 0 Å². The van der Waals surface area contributed by atoms with Crippen molar-refractivity contribution in [3.8, 4) is 0 Å². The predicted octanol–water partition coefficient (Wildman–Crippen LogP) is 2.26. The minimum atomic E-state index is -3.91. The van der Waals surface area contributed by atoms with Gasteiger partial charge in [0.05, 0.1) is 17.8 Å². The standard InChI is InChI=1S/C18H17N3O4S/c1-2-25-18(22)16-19-17(15-9-5-6-11-20(15)16)26(23,24)21-12-10-13-7-3-4-8-14(13)21/h3-9,11H,2,10,12H2,1H3. The Labute approximate surface area is 150 Å². The van der Waals surface area contributed by atoms with Gasteiger partial charge in [0.25, 0.3) is 10.0 Å². The average Bonchev–Trinajstić information content (AvgIpc) is 3.24. The van der Waals surface area contributed by atoms with E-state index >= 15 is 0 Å². The molecule has 0 unspecified atom stereocenters. The number of para-hydroxylation sites is 1. The van der Waals surface area contributed by atoms with E-state index in [1.165, 1.54) is 8.71 Å². The van der Waals surface area contributed by atoms with Crippen molar-refractivity contribution in [2.24, 2.45) is 0 Å². The summed E-state index contributed by atoms with van der Waals surface area (Å²) >= 11 is 0. The number of esters is 1. The average molecular weight is 371 g/mol. The number of pyridine rings is 1. The minimum absolute atomic E-state index is 0.0477. The second-order valence-electron chi connectivity index (χ2n) is 5.87. The summed E-state index contributed by atoms with van der Waals surface area (Å²) in [5, 5.41) is -0.141. The van der Waals surface area contributed by atoms with Gasteiger partial charge in [-0.2, -0.15) is 8.42 Å². The maximum atomic E-state index is 13.3. The van der Waals surface area contributed by atoms with E-state index in [9.17, 15) is 13.2 Å². The molecule has 1 aromatic carbocycles. The Hall–Kier alpha value is -2.87. The largest absolute Gasteiger partial charge is 0.460 e. The third-order valence-electron chi connectivity index (χ3n) is 4.35. The molecule has 0 radical (unpaired) electrons. The van der Waals surface area contributed by atoms with Gasteiger partial charge >= 0.3 is 5.97 Å². The predicted molar refractivity (Wildman–Crippen MR) is 95.8 cm³/mol. The van der Waals surface area contributed by atoms with Gasteiger partial charge in [0.2, 0.25) is 10.9 Å². The third kappa shape index (κ3) is 2.45. The summed E-state index contributed by atoms with van der Waals surface area (Å²) < 4.78 is 34.4. The van der Waals surface area contributed by atoms with Gasteiger partial charge < -0.3 is 4.74 Å². The SMILES string of the molecule is CCOC(=O)c1nc(S(=O)(=O)N2CCc3ccccc32)c2ccccn12. The van der Waals surface area contributed by atoms with Crippen LogP contribution in [0, 0.1) is 0 Å². The molecule has 4 rings (SSSR count). The number of imidazole rings is 1. The van der Waals surface area contributed by atoms with Gasteiger partial charge in [-0.3, -0.25) is 8.71 Å². The highest BCUT2D eigenvalue weighted by Gasteiger charge is 2.35. The van der Waals surface area contributed by atoms with Gasteiger partial charge in [-0.05, 0) is 37.1 Å². The van der Waals surface area contributed by atoms with E-state index in [4.69, 9.17) is 4.74 Å². The number of benzene rings is 1. The molecule has 0 fully saturated rings. The molecule has 1 aliphatic rings. The molecule has 0 aliphatic carbocycles. The Morgan fingerprint density at radius 2 is 1.96 bits per heavy atom. The molecule has 0 atom stereocenters. The Morgan fingerprint density at radius 3 is 2.77 bits per heavy atom. The van der Waals surface area contributed by atoms with E-state index in [1.807, 2.05) is 18.2 Å². The van der Waals surface area contributed by atoms with Gasteiger partial charge in [-0.1, -0.05) is 24.3 Å². The molecule has 0 amide bonds. The molecule has 0 N–H and O–H groups in total. The lowest BCUT2D eigenvalue weighted by molar-refractivity contribution is 0.0511. The lowest BCUT2D eigenvalue weighted by Gasteiger charge is -2.18. The lowest BCUT2D eigenvalue weighted by atomic mass is 10.2. The van der Waals surface area contributed by atoms with Crippen molar-refractivity contribution in [2.45, 2.75) is 18.4 Å². The molecule has 0 bridgehead atoms. The number of ether oxygens (including phenoxy) is 1. The molecule has 0 saturated heterocycles. The molecule has 134 valence electrons. The first-order valence-electron chi connectivity index (χ1n) is 8.29. The molecular weight excluding hydrogens is 354 g/mol. The highest BCUT2D eigenvalue weighted by Crippen LogP contribution is 2.33. The van der Waals surface area contributed by atoms with Crippen molar-refractivity contribution in [3.05, 3.63) is 60.0 Å². The Morgan fingerprint density at radius 1 is 1.19 bits per heavy atom. The summed E-state index contributed by atoms with van der Waals surface area (Å²) in [5.74, 6) is -0.703. The lowest BCUT2D eigenvalue weighted by Crippen LogP contribution is -2.29. The van der Waals surface area contributed by atoms with E-state index in [2.05, 4.69) is 4.98 Å². The van der Waals surface area contributed by atoms with Crippen LogP contribution in [0.2, 0.25) is 0 Å². The van der Waals surface area contributed by atoms with Gasteiger partial charge in [-0.25, -0.2) is 9.78 Å². The number of carbonyl (C=O) groups excluding carboxylic acids is 1. The van der Waals surface area contributed by atoms with Crippen molar-refractivity contribution in [1.29, 1.82) is 0 Å². The van der Waals surface area contributed by atoms with Crippen LogP contribution in [0.25, 0.3) is 5.52 Å². The molecule has 1 aliphatic heterocycles. The summed E-state index contributed by atoms with van der Waals surface area (Å²) in [7, 11) is -3.91. The second-order valence-corrected chi connectivity index (χ2v) is 7.65. The molecule has 0 saturated carbocycles. The van der Waals surface area contributed by atoms with Crippen molar-refractivity contribution in [3.63, 3.8) is 0 Å². The molecule has 0 spiro atoms. The fraction of sp³-hybridized carbons (Fsp3) is 0.222. The molecule has 2 aromatic heterocycles. The molecule has 7 nitrogen and oxygen atoms in total. The summed E-state index contributed by atoms with van der Waals surface area (Å²) in [4.78, 5) is 16.4. The van der Waals surface area contributed by atoms with Crippen molar-refractivity contribution < 1.29 is 17.9 Å². The number of aromatic nitrogens is 2. The third-order valence-corrected chi connectivity index (χ3v) is 6.10. The van der Waals surface area contributed by atoms with Crippen LogP contribution in [0.15, 0.2) is 53.7 Å². The van der Waals surface area contributed by atoms with E-state index in [0.29, 0.717) is 24.2 Å². The summed E-state index contributed by atoms with van der Waals surface area (Å²) in [6.45, 7) is 2.22. The van der Waals surface area contributed by atoms with E-state index in [1.54, 1.807) is 37.4 Å². The minimum Gasteiger partial charge on any atom is -0.460 e. The number of sulfonamides is 1. The first kappa shape index (κ1) is 16.6.